The number of hydrogen-bond acceptors (Lipinski definition) is 3. The SMILES string of the molecule is C=C[C@H]1O[C@H]1C[C@H]1OCCC[C@@H]1O. The molecule has 2 rings (SSSR count). The molecule has 2 heterocycles. The van der Waals surface area contributed by atoms with Crippen molar-refractivity contribution < 1.29 is 14.6 Å². The largest absolute Gasteiger partial charge is 0.390 e. The first kappa shape index (κ1) is 9.19. The summed E-state index contributed by atoms with van der Waals surface area (Å²) in [4.78, 5) is 0. The Bertz CT molecular complexity index is 193. The highest BCUT2D eigenvalue weighted by Crippen LogP contribution is 2.30. The van der Waals surface area contributed by atoms with E-state index in [9.17, 15) is 5.11 Å². The van der Waals surface area contributed by atoms with Crippen LogP contribution in [0.15, 0.2) is 12.7 Å². The van der Waals surface area contributed by atoms with Gasteiger partial charge in [0.25, 0.3) is 0 Å². The Morgan fingerprint density at radius 1 is 1.46 bits per heavy atom. The molecule has 1 N–H and O–H groups in total. The molecule has 74 valence electrons. The van der Waals surface area contributed by atoms with E-state index in [2.05, 4.69) is 6.58 Å². The summed E-state index contributed by atoms with van der Waals surface area (Å²) in [6.07, 6.45) is 4.53. The lowest BCUT2D eigenvalue weighted by Gasteiger charge is -2.27. The Hall–Kier alpha value is -0.380. The Labute approximate surface area is 78.3 Å². The third kappa shape index (κ3) is 2.10. The van der Waals surface area contributed by atoms with Gasteiger partial charge in [-0.1, -0.05) is 6.08 Å². The second kappa shape index (κ2) is 3.78. The van der Waals surface area contributed by atoms with Crippen LogP contribution in [0.5, 0.6) is 0 Å². The molecule has 2 aliphatic heterocycles. The van der Waals surface area contributed by atoms with E-state index < -0.39 is 0 Å². The molecule has 0 aromatic heterocycles. The Morgan fingerprint density at radius 3 is 2.92 bits per heavy atom. The zero-order chi connectivity index (χ0) is 9.26. The van der Waals surface area contributed by atoms with E-state index in [0.717, 1.165) is 25.9 Å². The second-order valence-corrected chi connectivity index (χ2v) is 3.73. The molecule has 0 unspecified atom stereocenters. The average Bonchev–Trinajstić information content (AvgIpc) is 2.88. The van der Waals surface area contributed by atoms with Crippen LogP contribution < -0.4 is 0 Å². The molecule has 0 aliphatic carbocycles. The lowest BCUT2D eigenvalue weighted by molar-refractivity contribution is -0.0791. The summed E-state index contributed by atoms with van der Waals surface area (Å²) in [5.74, 6) is 0. The van der Waals surface area contributed by atoms with Gasteiger partial charge >= 0.3 is 0 Å². The summed E-state index contributed by atoms with van der Waals surface area (Å²) in [6, 6.07) is 0. The average molecular weight is 184 g/mol. The number of hydrogen-bond donors (Lipinski definition) is 1. The first-order chi connectivity index (χ1) is 6.31. The molecule has 2 saturated heterocycles. The molecule has 2 aliphatic rings. The molecule has 2 fully saturated rings. The lowest BCUT2D eigenvalue weighted by Crippen LogP contribution is -2.35. The van der Waals surface area contributed by atoms with Gasteiger partial charge < -0.3 is 14.6 Å². The molecule has 0 spiro atoms. The summed E-state index contributed by atoms with van der Waals surface area (Å²) in [7, 11) is 0. The van der Waals surface area contributed by atoms with Crippen LogP contribution in [-0.2, 0) is 9.47 Å². The number of rotatable bonds is 3. The summed E-state index contributed by atoms with van der Waals surface area (Å²) >= 11 is 0. The van der Waals surface area contributed by atoms with Crippen LogP contribution >= 0.6 is 0 Å². The molecule has 0 bridgehead atoms. The molecule has 0 radical (unpaired) electrons. The van der Waals surface area contributed by atoms with Gasteiger partial charge in [0, 0.05) is 13.0 Å². The molecular weight excluding hydrogens is 168 g/mol. The van der Waals surface area contributed by atoms with E-state index in [-0.39, 0.29) is 24.4 Å². The van der Waals surface area contributed by atoms with Crippen molar-refractivity contribution in [2.45, 2.75) is 43.7 Å². The first-order valence-electron chi connectivity index (χ1n) is 4.89. The van der Waals surface area contributed by atoms with E-state index in [0.29, 0.717) is 0 Å². The number of aliphatic hydroxyl groups is 1. The van der Waals surface area contributed by atoms with Gasteiger partial charge in [-0.3, -0.25) is 0 Å². The quantitative estimate of drug-likeness (QED) is 0.522. The fraction of sp³-hybridized carbons (Fsp3) is 0.800. The van der Waals surface area contributed by atoms with Crippen LogP contribution in [0.4, 0.5) is 0 Å². The van der Waals surface area contributed by atoms with Gasteiger partial charge in [-0.15, -0.1) is 6.58 Å². The predicted molar refractivity (Wildman–Crippen MR) is 48.5 cm³/mol. The Morgan fingerprint density at radius 2 is 2.31 bits per heavy atom. The molecular formula is C10H16O3. The minimum absolute atomic E-state index is 0.0244. The van der Waals surface area contributed by atoms with Crippen LogP contribution in [0.2, 0.25) is 0 Å². The molecule has 0 aromatic rings. The molecule has 3 nitrogen and oxygen atoms in total. The van der Waals surface area contributed by atoms with E-state index in [1.165, 1.54) is 0 Å². The van der Waals surface area contributed by atoms with Crippen molar-refractivity contribution in [2.24, 2.45) is 0 Å². The van der Waals surface area contributed by atoms with Crippen molar-refractivity contribution in [3.63, 3.8) is 0 Å². The molecule has 0 saturated carbocycles. The monoisotopic (exact) mass is 184 g/mol. The Kier molecular flexibility index (Phi) is 2.67. The first-order valence-corrected chi connectivity index (χ1v) is 4.89. The number of ether oxygens (including phenoxy) is 2. The standard InChI is InChI=1S/C10H16O3/c1-2-8-10(13-8)6-9-7(11)4-3-5-12-9/h2,7-11H,1,3-6H2/t7-,8+,9+,10-/m0/s1. The fourth-order valence-electron chi connectivity index (χ4n) is 1.83. The van der Waals surface area contributed by atoms with Crippen LogP contribution in [0.3, 0.4) is 0 Å². The van der Waals surface area contributed by atoms with Crippen molar-refractivity contribution in [1.82, 2.24) is 0 Å². The maximum Gasteiger partial charge on any atom is 0.102 e. The van der Waals surface area contributed by atoms with Crippen LogP contribution in [0.1, 0.15) is 19.3 Å². The normalized spacial score (nSPS) is 44.4. The van der Waals surface area contributed by atoms with Crippen molar-refractivity contribution >= 4 is 0 Å². The molecule has 0 aromatic carbocycles. The summed E-state index contributed by atoms with van der Waals surface area (Å²) < 4.78 is 10.8. The zero-order valence-electron chi connectivity index (χ0n) is 7.69. The minimum Gasteiger partial charge on any atom is -0.390 e. The second-order valence-electron chi connectivity index (χ2n) is 3.73. The topological polar surface area (TPSA) is 42.0 Å². The van der Waals surface area contributed by atoms with Gasteiger partial charge in [0.1, 0.15) is 6.10 Å². The summed E-state index contributed by atoms with van der Waals surface area (Å²) in [5.41, 5.74) is 0. The molecule has 3 heteroatoms. The van der Waals surface area contributed by atoms with E-state index >= 15 is 0 Å². The fourth-order valence-corrected chi connectivity index (χ4v) is 1.83. The van der Waals surface area contributed by atoms with Gasteiger partial charge in [-0.2, -0.15) is 0 Å². The van der Waals surface area contributed by atoms with Gasteiger partial charge in [0.05, 0.1) is 18.3 Å². The van der Waals surface area contributed by atoms with E-state index in [4.69, 9.17) is 9.47 Å². The van der Waals surface area contributed by atoms with E-state index in [1.807, 2.05) is 0 Å². The van der Waals surface area contributed by atoms with Crippen molar-refractivity contribution in [3.05, 3.63) is 12.7 Å². The molecule has 0 amide bonds. The van der Waals surface area contributed by atoms with Gasteiger partial charge in [-0.05, 0) is 12.8 Å². The maximum absolute atomic E-state index is 9.60. The lowest BCUT2D eigenvalue weighted by atomic mass is 10.0. The third-order valence-electron chi connectivity index (χ3n) is 2.72. The molecule has 4 atom stereocenters. The van der Waals surface area contributed by atoms with Crippen molar-refractivity contribution in [2.75, 3.05) is 6.61 Å². The van der Waals surface area contributed by atoms with Gasteiger partial charge in [-0.25, -0.2) is 0 Å². The van der Waals surface area contributed by atoms with Crippen molar-refractivity contribution in [3.8, 4) is 0 Å². The summed E-state index contributed by atoms with van der Waals surface area (Å²) in [5, 5.41) is 9.60. The predicted octanol–water partition coefficient (Wildman–Crippen LogP) is 0.870. The minimum atomic E-state index is -0.302. The van der Waals surface area contributed by atoms with Gasteiger partial charge in [0.15, 0.2) is 0 Å². The number of aliphatic hydroxyl groups excluding tert-OH is 1. The maximum atomic E-state index is 9.60. The Balaban J connectivity index is 1.77. The van der Waals surface area contributed by atoms with Crippen molar-refractivity contribution in [1.29, 1.82) is 0 Å². The van der Waals surface area contributed by atoms with Gasteiger partial charge in [0.2, 0.25) is 0 Å². The zero-order valence-corrected chi connectivity index (χ0v) is 7.69. The highest BCUT2D eigenvalue weighted by atomic mass is 16.6. The third-order valence-corrected chi connectivity index (χ3v) is 2.72. The smallest absolute Gasteiger partial charge is 0.102 e. The molecule has 13 heavy (non-hydrogen) atoms. The summed E-state index contributed by atoms with van der Waals surface area (Å²) in [6.45, 7) is 4.43. The highest BCUT2D eigenvalue weighted by Gasteiger charge is 2.40. The number of epoxide rings is 1. The van der Waals surface area contributed by atoms with Crippen LogP contribution in [-0.4, -0.2) is 36.1 Å². The highest BCUT2D eigenvalue weighted by molar-refractivity contribution is 4.99. The van der Waals surface area contributed by atoms with E-state index in [1.54, 1.807) is 6.08 Å². The van der Waals surface area contributed by atoms with Crippen LogP contribution in [0.25, 0.3) is 0 Å². The van der Waals surface area contributed by atoms with Crippen LogP contribution in [0, 0.1) is 0 Å².